The molecule has 2 rings (SSSR count). The van der Waals surface area contributed by atoms with Crippen molar-refractivity contribution in [2.24, 2.45) is 0 Å². The number of para-hydroxylation sites is 1. The maximum atomic E-state index is 11.8. The molecule has 0 aliphatic rings. The topological polar surface area (TPSA) is 79.5 Å². The van der Waals surface area contributed by atoms with E-state index in [-0.39, 0.29) is 5.76 Å². The molecule has 1 aromatic heterocycles. The van der Waals surface area contributed by atoms with Crippen LogP contribution in [-0.4, -0.2) is 11.0 Å². The van der Waals surface area contributed by atoms with Crippen molar-refractivity contribution in [3.63, 3.8) is 0 Å². The fraction of sp³-hybridized carbons (Fsp3) is 0.0769. The van der Waals surface area contributed by atoms with Gasteiger partial charge >= 0.3 is 5.63 Å². The second-order valence-electron chi connectivity index (χ2n) is 3.72. The maximum absolute atomic E-state index is 11.8. The zero-order chi connectivity index (χ0) is 13.1. The van der Waals surface area contributed by atoms with E-state index < -0.39 is 22.8 Å². The third-order valence-electron chi connectivity index (χ3n) is 2.31. The van der Waals surface area contributed by atoms with Gasteiger partial charge in [-0.05, 0) is 19.1 Å². The summed E-state index contributed by atoms with van der Waals surface area (Å²) in [6.07, 6.45) is 0. The number of aryl methyl sites for hydroxylation is 1. The Bertz CT molecular complexity index is 631. The normalized spacial score (nSPS) is 10.1. The Labute approximate surface area is 103 Å². The lowest BCUT2D eigenvalue weighted by molar-refractivity contribution is 0.102. The van der Waals surface area contributed by atoms with Gasteiger partial charge in [-0.2, -0.15) is 0 Å². The van der Waals surface area contributed by atoms with Gasteiger partial charge in [-0.25, -0.2) is 4.79 Å². The van der Waals surface area contributed by atoms with Crippen LogP contribution in [0.1, 0.15) is 16.1 Å². The molecule has 0 saturated carbocycles. The molecule has 0 unspecified atom stereocenters. The molecule has 1 heterocycles. The van der Waals surface area contributed by atoms with Crippen LogP contribution < -0.4 is 10.9 Å². The van der Waals surface area contributed by atoms with Crippen LogP contribution in [0.25, 0.3) is 0 Å². The van der Waals surface area contributed by atoms with E-state index in [1.165, 1.54) is 13.0 Å². The Kier molecular flexibility index (Phi) is 3.14. The Morgan fingerprint density at radius 3 is 2.56 bits per heavy atom. The molecule has 0 bridgehead atoms. The fourth-order valence-electron chi connectivity index (χ4n) is 1.52. The molecular weight excluding hydrogens is 234 g/mol. The first-order valence-corrected chi connectivity index (χ1v) is 5.28. The molecule has 92 valence electrons. The fourth-order valence-corrected chi connectivity index (χ4v) is 1.52. The highest BCUT2D eigenvalue weighted by Crippen LogP contribution is 2.16. The van der Waals surface area contributed by atoms with Crippen LogP contribution in [0.3, 0.4) is 0 Å². The van der Waals surface area contributed by atoms with E-state index in [1.807, 2.05) is 0 Å². The molecule has 0 aliphatic carbocycles. The third kappa shape index (κ3) is 2.40. The summed E-state index contributed by atoms with van der Waals surface area (Å²) in [4.78, 5) is 23.3. The van der Waals surface area contributed by atoms with E-state index in [1.54, 1.807) is 30.3 Å². The van der Waals surface area contributed by atoms with E-state index in [9.17, 15) is 14.7 Å². The molecule has 1 aromatic carbocycles. The van der Waals surface area contributed by atoms with Crippen LogP contribution in [0, 0.1) is 6.92 Å². The van der Waals surface area contributed by atoms with Crippen molar-refractivity contribution in [3.8, 4) is 5.75 Å². The number of aromatic hydroxyl groups is 1. The average Bonchev–Trinajstić information content (AvgIpc) is 2.28. The summed E-state index contributed by atoms with van der Waals surface area (Å²) in [5.74, 6) is -0.849. The molecule has 0 aliphatic heterocycles. The lowest BCUT2D eigenvalue weighted by atomic mass is 10.2. The number of benzene rings is 1. The van der Waals surface area contributed by atoms with Crippen LogP contribution >= 0.6 is 0 Å². The van der Waals surface area contributed by atoms with Gasteiger partial charge < -0.3 is 14.8 Å². The minimum absolute atomic E-state index is 0.244. The second kappa shape index (κ2) is 4.75. The number of nitrogens with one attached hydrogen (secondary N) is 1. The van der Waals surface area contributed by atoms with Gasteiger partial charge in [0.25, 0.3) is 5.91 Å². The minimum Gasteiger partial charge on any atom is -0.507 e. The van der Waals surface area contributed by atoms with E-state index in [0.29, 0.717) is 5.69 Å². The summed E-state index contributed by atoms with van der Waals surface area (Å²) in [6.45, 7) is 1.51. The predicted octanol–water partition coefficient (Wildman–Crippen LogP) is 1.91. The lowest BCUT2D eigenvalue weighted by Crippen LogP contribution is -2.21. The minimum atomic E-state index is -0.860. The largest absolute Gasteiger partial charge is 0.507 e. The quantitative estimate of drug-likeness (QED) is 0.846. The summed E-state index contributed by atoms with van der Waals surface area (Å²) in [6, 6.07) is 9.85. The van der Waals surface area contributed by atoms with Gasteiger partial charge in [0, 0.05) is 11.8 Å². The zero-order valence-corrected chi connectivity index (χ0v) is 9.64. The Balaban J connectivity index is 2.33. The number of rotatable bonds is 2. The highest BCUT2D eigenvalue weighted by molar-refractivity contribution is 6.05. The molecule has 0 fully saturated rings. The third-order valence-corrected chi connectivity index (χ3v) is 2.31. The summed E-state index contributed by atoms with van der Waals surface area (Å²) in [5.41, 5.74) is -0.729. The Hall–Kier alpha value is -2.56. The van der Waals surface area contributed by atoms with Crippen LogP contribution in [0.5, 0.6) is 5.75 Å². The molecule has 0 atom stereocenters. The van der Waals surface area contributed by atoms with Gasteiger partial charge in [0.2, 0.25) is 0 Å². The first kappa shape index (κ1) is 11.9. The summed E-state index contributed by atoms with van der Waals surface area (Å²) < 4.78 is 4.77. The number of hydrogen-bond donors (Lipinski definition) is 2. The lowest BCUT2D eigenvalue weighted by Gasteiger charge is -2.05. The first-order valence-electron chi connectivity index (χ1n) is 5.28. The van der Waals surface area contributed by atoms with E-state index in [4.69, 9.17) is 4.42 Å². The van der Waals surface area contributed by atoms with Crippen LogP contribution in [0.2, 0.25) is 0 Å². The molecule has 18 heavy (non-hydrogen) atoms. The highest BCUT2D eigenvalue weighted by Gasteiger charge is 2.18. The van der Waals surface area contributed by atoms with Crippen molar-refractivity contribution in [2.75, 3.05) is 5.32 Å². The van der Waals surface area contributed by atoms with Crippen molar-refractivity contribution in [1.29, 1.82) is 0 Å². The van der Waals surface area contributed by atoms with Gasteiger partial charge in [-0.15, -0.1) is 0 Å². The molecule has 0 spiro atoms. The maximum Gasteiger partial charge on any atom is 0.352 e. The summed E-state index contributed by atoms with van der Waals surface area (Å²) in [7, 11) is 0. The van der Waals surface area contributed by atoms with E-state index >= 15 is 0 Å². The number of anilines is 1. The average molecular weight is 245 g/mol. The standard InChI is InChI=1S/C13H11NO4/c1-8-7-10(15)11(13(17)18-8)12(16)14-9-5-3-2-4-6-9/h2-7,15H,1H3,(H,14,16). The van der Waals surface area contributed by atoms with Crippen molar-refractivity contribution in [2.45, 2.75) is 6.92 Å². The number of carbonyl (C=O) groups is 1. The van der Waals surface area contributed by atoms with Crippen LogP contribution in [0.15, 0.2) is 45.6 Å². The second-order valence-corrected chi connectivity index (χ2v) is 3.72. The first-order chi connectivity index (χ1) is 8.58. The number of carbonyl (C=O) groups excluding carboxylic acids is 1. The molecule has 0 saturated heterocycles. The molecule has 5 heteroatoms. The van der Waals surface area contributed by atoms with Gasteiger partial charge in [-0.1, -0.05) is 18.2 Å². The number of hydrogen-bond acceptors (Lipinski definition) is 4. The summed E-state index contributed by atoms with van der Waals surface area (Å²) in [5, 5.41) is 12.1. The molecular formula is C13H11NO4. The van der Waals surface area contributed by atoms with Gasteiger partial charge in [0.15, 0.2) is 5.56 Å². The smallest absolute Gasteiger partial charge is 0.352 e. The molecule has 0 radical (unpaired) electrons. The highest BCUT2D eigenvalue weighted by atomic mass is 16.4. The molecule has 5 nitrogen and oxygen atoms in total. The number of amides is 1. The van der Waals surface area contributed by atoms with Crippen LogP contribution in [-0.2, 0) is 0 Å². The molecule has 1 amide bonds. The van der Waals surface area contributed by atoms with Crippen molar-refractivity contribution < 1.29 is 14.3 Å². The monoisotopic (exact) mass is 245 g/mol. The predicted molar refractivity (Wildman–Crippen MR) is 65.8 cm³/mol. The van der Waals surface area contributed by atoms with Crippen LogP contribution in [0.4, 0.5) is 5.69 Å². The zero-order valence-electron chi connectivity index (χ0n) is 9.64. The molecule has 2 aromatic rings. The van der Waals surface area contributed by atoms with Gasteiger partial charge in [0.1, 0.15) is 11.5 Å². The van der Waals surface area contributed by atoms with Gasteiger partial charge in [0.05, 0.1) is 0 Å². The molecule has 2 N–H and O–H groups in total. The van der Waals surface area contributed by atoms with Crippen molar-refractivity contribution in [3.05, 3.63) is 58.1 Å². The summed E-state index contributed by atoms with van der Waals surface area (Å²) >= 11 is 0. The van der Waals surface area contributed by atoms with Gasteiger partial charge in [-0.3, -0.25) is 4.79 Å². The van der Waals surface area contributed by atoms with E-state index in [0.717, 1.165) is 0 Å². The Morgan fingerprint density at radius 2 is 1.94 bits per heavy atom. The van der Waals surface area contributed by atoms with E-state index in [2.05, 4.69) is 5.32 Å². The van der Waals surface area contributed by atoms with Crippen molar-refractivity contribution in [1.82, 2.24) is 0 Å². The SMILES string of the molecule is Cc1cc(O)c(C(=O)Nc2ccccc2)c(=O)o1. The Morgan fingerprint density at radius 1 is 1.28 bits per heavy atom. The van der Waals surface area contributed by atoms with Crippen molar-refractivity contribution >= 4 is 11.6 Å².